The van der Waals surface area contributed by atoms with Crippen molar-refractivity contribution in [3.63, 3.8) is 0 Å². The van der Waals surface area contributed by atoms with E-state index in [4.69, 9.17) is 0 Å². The Morgan fingerprint density at radius 3 is 2.67 bits per heavy atom. The molecule has 1 atom stereocenters. The minimum atomic E-state index is 0.246. The molecule has 0 fully saturated rings. The Morgan fingerprint density at radius 1 is 1.17 bits per heavy atom. The molecule has 0 aliphatic carbocycles. The highest BCUT2D eigenvalue weighted by Gasteiger charge is 2.11. The molecule has 0 aliphatic rings. The van der Waals surface area contributed by atoms with Gasteiger partial charge in [-0.1, -0.05) is 13.0 Å². The van der Waals surface area contributed by atoms with E-state index < -0.39 is 0 Å². The van der Waals surface area contributed by atoms with Gasteiger partial charge in [-0.3, -0.25) is 4.98 Å². The van der Waals surface area contributed by atoms with Crippen molar-refractivity contribution in [1.82, 2.24) is 20.3 Å². The van der Waals surface area contributed by atoms with Crippen LogP contribution < -0.4 is 5.32 Å². The molecular formula is C14H18N4. The maximum Gasteiger partial charge on any atom is 0.115 e. The molecule has 0 saturated heterocycles. The van der Waals surface area contributed by atoms with E-state index in [-0.39, 0.29) is 6.04 Å². The summed E-state index contributed by atoms with van der Waals surface area (Å²) in [6.07, 6.45) is 11.0. The van der Waals surface area contributed by atoms with Crippen molar-refractivity contribution in [2.75, 3.05) is 6.54 Å². The summed E-state index contributed by atoms with van der Waals surface area (Å²) in [5, 5.41) is 3.53. The van der Waals surface area contributed by atoms with E-state index >= 15 is 0 Å². The largest absolute Gasteiger partial charge is 0.310 e. The van der Waals surface area contributed by atoms with Gasteiger partial charge < -0.3 is 5.32 Å². The van der Waals surface area contributed by atoms with Crippen LogP contribution >= 0.6 is 0 Å². The number of hydrogen-bond acceptors (Lipinski definition) is 4. The smallest absolute Gasteiger partial charge is 0.115 e. The first-order chi connectivity index (χ1) is 8.90. The highest BCUT2D eigenvalue weighted by Crippen LogP contribution is 2.16. The summed E-state index contributed by atoms with van der Waals surface area (Å²) >= 11 is 0. The third-order valence-electron chi connectivity index (χ3n) is 2.79. The average molecular weight is 242 g/mol. The fourth-order valence-electron chi connectivity index (χ4n) is 1.87. The topological polar surface area (TPSA) is 50.7 Å². The zero-order chi connectivity index (χ0) is 12.6. The highest BCUT2D eigenvalue weighted by atomic mass is 14.9. The summed E-state index contributed by atoms with van der Waals surface area (Å²) < 4.78 is 0. The van der Waals surface area contributed by atoms with E-state index in [1.807, 2.05) is 24.7 Å². The third-order valence-corrected chi connectivity index (χ3v) is 2.79. The van der Waals surface area contributed by atoms with Gasteiger partial charge in [0.2, 0.25) is 0 Å². The van der Waals surface area contributed by atoms with Crippen LogP contribution in [0.2, 0.25) is 0 Å². The highest BCUT2D eigenvalue weighted by molar-refractivity contribution is 5.17. The molecule has 0 radical (unpaired) electrons. The molecule has 0 amide bonds. The van der Waals surface area contributed by atoms with E-state index in [0.29, 0.717) is 0 Å². The second kappa shape index (κ2) is 6.81. The van der Waals surface area contributed by atoms with Gasteiger partial charge in [0.25, 0.3) is 0 Å². The normalized spacial score (nSPS) is 12.3. The van der Waals surface area contributed by atoms with Crippen LogP contribution in [-0.2, 0) is 6.42 Å². The van der Waals surface area contributed by atoms with Crippen molar-refractivity contribution >= 4 is 0 Å². The number of aromatic nitrogens is 3. The fraction of sp³-hybridized carbons (Fsp3) is 0.357. The zero-order valence-corrected chi connectivity index (χ0v) is 10.6. The van der Waals surface area contributed by atoms with Crippen LogP contribution in [0.15, 0.2) is 43.2 Å². The van der Waals surface area contributed by atoms with Gasteiger partial charge in [-0.2, -0.15) is 0 Å². The van der Waals surface area contributed by atoms with E-state index in [0.717, 1.165) is 24.9 Å². The SMILES string of the molecule is CCCNC(Cc1cccnc1)c1cncnc1. The number of nitrogens with zero attached hydrogens (tertiary/aromatic N) is 3. The minimum absolute atomic E-state index is 0.246. The molecule has 1 N–H and O–H groups in total. The van der Waals surface area contributed by atoms with E-state index in [1.54, 1.807) is 12.5 Å². The van der Waals surface area contributed by atoms with Gasteiger partial charge in [0, 0.05) is 36.4 Å². The standard InChI is InChI=1S/C14H18N4/c1-2-5-18-14(13-9-16-11-17-10-13)7-12-4-3-6-15-8-12/h3-4,6,8-11,14,18H,2,5,7H2,1H3. The van der Waals surface area contributed by atoms with Gasteiger partial charge in [-0.15, -0.1) is 0 Å². The molecule has 2 aromatic rings. The van der Waals surface area contributed by atoms with Gasteiger partial charge >= 0.3 is 0 Å². The van der Waals surface area contributed by atoms with Crippen molar-refractivity contribution in [1.29, 1.82) is 0 Å². The van der Waals surface area contributed by atoms with Crippen LogP contribution in [0.25, 0.3) is 0 Å². The lowest BCUT2D eigenvalue weighted by Gasteiger charge is -2.18. The summed E-state index contributed by atoms with van der Waals surface area (Å²) in [6.45, 7) is 3.15. The first-order valence-electron chi connectivity index (χ1n) is 6.27. The average Bonchev–Trinajstić information content (AvgIpc) is 2.45. The molecule has 0 aliphatic heterocycles. The molecule has 0 aromatic carbocycles. The van der Waals surface area contributed by atoms with Crippen LogP contribution in [0.3, 0.4) is 0 Å². The summed E-state index contributed by atoms with van der Waals surface area (Å²) in [7, 11) is 0. The van der Waals surface area contributed by atoms with Crippen molar-refractivity contribution in [3.05, 3.63) is 54.4 Å². The molecule has 0 bridgehead atoms. The molecule has 2 rings (SSSR count). The van der Waals surface area contributed by atoms with Gasteiger partial charge in [-0.05, 0) is 31.0 Å². The number of hydrogen-bond donors (Lipinski definition) is 1. The molecular weight excluding hydrogens is 224 g/mol. The molecule has 4 nitrogen and oxygen atoms in total. The first-order valence-corrected chi connectivity index (χ1v) is 6.27. The van der Waals surface area contributed by atoms with Crippen molar-refractivity contribution < 1.29 is 0 Å². The second-order valence-corrected chi connectivity index (χ2v) is 4.24. The fourth-order valence-corrected chi connectivity index (χ4v) is 1.87. The Balaban J connectivity index is 2.10. The first kappa shape index (κ1) is 12.6. The Hall–Kier alpha value is -1.81. The molecule has 2 aromatic heterocycles. The van der Waals surface area contributed by atoms with Gasteiger partial charge in [0.15, 0.2) is 0 Å². The summed E-state index contributed by atoms with van der Waals surface area (Å²) in [6, 6.07) is 4.31. The van der Waals surface area contributed by atoms with Gasteiger partial charge in [-0.25, -0.2) is 9.97 Å². The lowest BCUT2D eigenvalue weighted by atomic mass is 10.0. The molecule has 18 heavy (non-hydrogen) atoms. The van der Waals surface area contributed by atoms with Crippen LogP contribution in [0.4, 0.5) is 0 Å². The summed E-state index contributed by atoms with van der Waals surface area (Å²) in [4.78, 5) is 12.3. The molecule has 2 heterocycles. The lowest BCUT2D eigenvalue weighted by molar-refractivity contribution is 0.525. The molecule has 94 valence electrons. The minimum Gasteiger partial charge on any atom is -0.310 e. The van der Waals surface area contributed by atoms with Gasteiger partial charge in [0.05, 0.1) is 0 Å². The van der Waals surface area contributed by atoms with Crippen molar-refractivity contribution in [3.8, 4) is 0 Å². The summed E-state index contributed by atoms with van der Waals surface area (Å²) in [5.74, 6) is 0. The predicted molar refractivity (Wildman–Crippen MR) is 71.0 cm³/mol. The van der Waals surface area contributed by atoms with Crippen LogP contribution in [0, 0.1) is 0 Å². The quantitative estimate of drug-likeness (QED) is 0.843. The molecule has 4 heteroatoms. The van der Waals surface area contributed by atoms with Crippen LogP contribution in [0.5, 0.6) is 0 Å². The lowest BCUT2D eigenvalue weighted by Crippen LogP contribution is -2.24. The summed E-state index contributed by atoms with van der Waals surface area (Å²) in [5.41, 5.74) is 2.34. The van der Waals surface area contributed by atoms with E-state index in [2.05, 4.69) is 33.3 Å². The van der Waals surface area contributed by atoms with E-state index in [9.17, 15) is 0 Å². The van der Waals surface area contributed by atoms with Crippen molar-refractivity contribution in [2.24, 2.45) is 0 Å². The Labute approximate surface area is 108 Å². The number of rotatable bonds is 6. The maximum absolute atomic E-state index is 4.15. The van der Waals surface area contributed by atoms with E-state index in [1.165, 1.54) is 5.56 Å². The second-order valence-electron chi connectivity index (χ2n) is 4.24. The number of nitrogens with one attached hydrogen (secondary N) is 1. The molecule has 1 unspecified atom stereocenters. The van der Waals surface area contributed by atoms with Crippen LogP contribution in [0.1, 0.15) is 30.5 Å². The van der Waals surface area contributed by atoms with Crippen LogP contribution in [-0.4, -0.2) is 21.5 Å². The Morgan fingerprint density at radius 2 is 2.00 bits per heavy atom. The third kappa shape index (κ3) is 3.60. The maximum atomic E-state index is 4.15. The van der Waals surface area contributed by atoms with Crippen molar-refractivity contribution in [2.45, 2.75) is 25.8 Å². The Kier molecular flexibility index (Phi) is 4.78. The zero-order valence-electron chi connectivity index (χ0n) is 10.6. The number of pyridine rings is 1. The molecule has 0 saturated carbocycles. The Bertz CT molecular complexity index is 444. The monoisotopic (exact) mass is 242 g/mol. The van der Waals surface area contributed by atoms with Gasteiger partial charge in [0.1, 0.15) is 6.33 Å². The predicted octanol–water partition coefficient (Wildman–Crippen LogP) is 2.16. The molecule has 0 spiro atoms.